The zero-order chi connectivity index (χ0) is 26.5. The minimum Gasteiger partial charge on any atom is -0.497 e. The number of nitrogens with zero attached hydrogens (tertiary/aromatic N) is 1. The summed E-state index contributed by atoms with van der Waals surface area (Å²) in [4.78, 5) is 39.8. The Hall–Kier alpha value is -4.79. The smallest absolute Gasteiger partial charge is 0.244 e. The van der Waals surface area contributed by atoms with E-state index in [1.165, 1.54) is 40.7 Å². The third-order valence-electron chi connectivity index (χ3n) is 5.82. The Morgan fingerprint density at radius 2 is 1.43 bits per heavy atom. The van der Waals surface area contributed by atoms with Crippen LogP contribution in [-0.2, 0) is 11.3 Å². The van der Waals surface area contributed by atoms with Gasteiger partial charge in [0.25, 0.3) is 0 Å². The molecule has 1 heterocycles. The van der Waals surface area contributed by atoms with Crippen molar-refractivity contribution in [3.05, 3.63) is 88.2 Å². The van der Waals surface area contributed by atoms with Crippen LogP contribution in [0.4, 0.5) is 5.69 Å². The molecule has 190 valence electrons. The summed E-state index contributed by atoms with van der Waals surface area (Å²) >= 11 is 0. The molecular weight excluding hydrogens is 476 g/mol. The van der Waals surface area contributed by atoms with E-state index in [-0.39, 0.29) is 17.5 Å². The molecule has 1 N–H and O–H groups in total. The molecule has 0 saturated heterocycles. The number of ketones is 1. The van der Waals surface area contributed by atoms with Crippen molar-refractivity contribution in [2.24, 2.45) is 0 Å². The minimum atomic E-state index is -0.473. The van der Waals surface area contributed by atoms with Crippen molar-refractivity contribution in [1.29, 1.82) is 0 Å². The molecule has 0 aliphatic carbocycles. The molecule has 0 radical (unpaired) electrons. The average Bonchev–Trinajstić information content (AvgIpc) is 2.93. The van der Waals surface area contributed by atoms with Crippen LogP contribution in [0.2, 0.25) is 0 Å². The van der Waals surface area contributed by atoms with Crippen LogP contribution in [0.5, 0.6) is 23.0 Å². The van der Waals surface area contributed by atoms with Gasteiger partial charge >= 0.3 is 0 Å². The maximum atomic E-state index is 13.4. The van der Waals surface area contributed by atoms with Gasteiger partial charge in [-0.15, -0.1) is 0 Å². The van der Waals surface area contributed by atoms with Crippen molar-refractivity contribution in [3.8, 4) is 23.0 Å². The first-order valence-corrected chi connectivity index (χ1v) is 11.3. The summed E-state index contributed by atoms with van der Waals surface area (Å²) in [6.45, 7) is -0.194. The number of rotatable bonds is 9. The molecular formula is C28H26N2O7. The Kier molecular flexibility index (Phi) is 7.43. The number of hydrogen-bond acceptors (Lipinski definition) is 7. The van der Waals surface area contributed by atoms with Crippen molar-refractivity contribution in [1.82, 2.24) is 4.57 Å². The number of ether oxygens (including phenoxy) is 4. The van der Waals surface area contributed by atoms with Crippen LogP contribution in [0.15, 0.2) is 71.7 Å². The van der Waals surface area contributed by atoms with Crippen molar-refractivity contribution >= 4 is 28.3 Å². The molecule has 9 nitrogen and oxygen atoms in total. The Bertz CT molecular complexity index is 1510. The maximum Gasteiger partial charge on any atom is 0.244 e. The van der Waals surface area contributed by atoms with E-state index in [0.717, 1.165) is 0 Å². The van der Waals surface area contributed by atoms with Crippen LogP contribution in [0.1, 0.15) is 15.9 Å². The molecule has 0 atom stereocenters. The molecule has 0 aliphatic heterocycles. The predicted molar refractivity (Wildman–Crippen MR) is 139 cm³/mol. The first-order valence-electron chi connectivity index (χ1n) is 11.3. The second-order valence-electron chi connectivity index (χ2n) is 8.07. The highest BCUT2D eigenvalue weighted by Crippen LogP contribution is 2.31. The quantitative estimate of drug-likeness (QED) is 0.346. The predicted octanol–water partition coefficient (Wildman–Crippen LogP) is 3.91. The van der Waals surface area contributed by atoms with E-state index in [2.05, 4.69) is 5.32 Å². The molecule has 1 aromatic heterocycles. The second kappa shape index (κ2) is 10.9. The molecule has 3 aromatic carbocycles. The van der Waals surface area contributed by atoms with Gasteiger partial charge in [-0.2, -0.15) is 0 Å². The minimum absolute atomic E-state index is 0.0678. The second-order valence-corrected chi connectivity index (χ2v) is 8.07. The number of carbonyl (C=O) groups excluding carboxylic acids is 2. The Balaban J connectivity index is 1.81. The number of hydrogen-bond donors (Lipinski definition) is 1. The Morgan fingerprint density at radius 3 is 2.03 bits per heavy atom. The summed E-state index contributed by atoms with van der Waals surface area (Å²) < 4.78 is 22.8. The van der Waals surface area contributed by atoms with Crippen molar-refractivity contribution in [2.75, 3.05) is 33.8 Å². The SMILES string of the molecule is COc1cc(NC(=O)Cn2cc(C(=O)c3ccccc3)c(=O)c3cc(OC)c(OC)cc32)cc(OC)c1. The van der Waals surface area contributed by atoms with E-state index in [1.807, 2.05) is 0 Å². The highest BCUT2D eigenvalue weighted by Gasteiger charge is 2.20. The van der Waals surface area contributed by atoms with Gasteiger partial charge in [0.15, 0.2) is 17.3 Å². The molecule has 0 spiro atoms. The topological polar surface area (TPSA) is 105 Å². The molecule has 0 saturated carbocycles. The van der Waals surface area contributed by atoms with Crippen LogP contribution >= 0.6 is 0 Å². The largest absolute Gasteiger partial charge is 0.497 e. The molecule has 9 heteroatoms. The van der Waals surface area contributed by atoms with Gasteiger partial charge in [-0.25, -0.2) is 0 Å². The van der Waals surface area contributed by atoms with E-state index < -0.39 is 17.1 Å². The number of fused-ring (bicyclic) bond motifs is 1. The lowest BCUT2D eigenvalue weighted by molar-refractivity contribution is -0.116. The summed E-state index contributed by atoms with van der Waals surface area (Å²) in [5.41, 5.74) is 0.691. The van der Waals surface area contributed by atoms with Crippen LogP contribution in [0, 0.1) is 0 Å². The van der Waals surface area contributed by atoms with Crippen molar-refractivity contribution < 1.29 is 28.5 Å². The number of carbonyl (C=O) groups is 2. The van der Waals surface area contributed by atoms with Crippen LogP contribution < -0.4 is 29.7 Å². The average molecular weight is 503 g/mol. The number of methoxy groups -OCH3 is 4. The maximum absolute atomic E-state index is 13.4. The summed E-state index contributed by atoms with van der Waals surface area (Å²) in [5.74, 6) is 0.883. The zero-order valence-corrected chi connectivity index (χ0v) is 20.9. The normalized spacial score (nSPS) is 10.6. The van der Waals surface area contributed by atoms with Crippen LogP contribution in [0.3, 0.4) is 0 Å². The number of pyridine rings is 1. The molecule has 37 heavy (non-hydrogen) atoms. The summed E-state index contributed by atoms with van der Waals surface area (Å²) in [5, 5.41) is 3.03. The van der Waals surface area contributed by atoms with Crippen LogP contribution in [0.25, 0.3) is 10.9 Å². The number of amides is 1. The third-order valence-corrected chi connectivity index (χ3v) is 5.82. The van der Waals surface area contributed by atoms with Gasteiger partial charge in [0.05, 0.1) is 44.9 Å². The lowest BCUT2D eigenvalue weighted by Gasteiger charge is -2.16. The molecule has 0 bridgehead atoms. The summed E-state index contributed by atoms with van der Waals surface area (Å²) in [6, 6.07) is 16.6. The Labute approximate surface area is 213 Å². The fourth-order valence-corrected chi connectivity index (χ4v) is 3.99. The zero-order valence-electron chi connectivity index (χ0n) is 20.9. The van der Waals surface area contributed by atoms with E-state index in [4.69, 9.17) is 18.9 Å². The highest BCUT2D eigenvalue weighted by atomic mass is 16.5. The van der Waals surface area contributed by atoms with Gasteiger partial charge in [-0.05, 0) is 6.07 Å². The first-order chi connectivity index (χ1) is 17.9. The fraction of sp³-hybridized carbons (Fsp3) is 0.179. The fourth-order valence-electron chi connectivity index (χ4n) is 3.99. The van der Waals surface area contributed by atoms with Crippen LogP contribution in [-0.4, -0.2) is 44.7 Å². The van der Waals surface area contributed by atoms with Gasteiger partial charge in [-0.3, -0.25) is 14.4 Å². The van der Waals surface area contributed by atoms with E-state index in [0.29, 0.717) is 39.8 Å². The highest BCUT2D eigenvalue weighted by molar-refractivity contribution is 6.10. The first kappa shape index (κ1) is 25.3. The van der Waals surface area contributed by atoms with Gasteiger partial charge in [0, 0.05) is 41.7 Å². The molecule has 1 amide bonds. The van der Waals surface area contributed by atoms with Gasteiger partial charge in [0.1, 0.15) is 18.0 Å². The standard InChI is InChI=1S/C28H26N2O7/c1-34-19-10-18(11-20(12-19)35-2)29-26(31)16-30-15-22(27(32)17-8-6-5-7-9-17)28(33)21-13-24(36-3)25(37-4)14-23(21)30/h5-15H,16H2,1-4H3,(H,29,31). The summed E-state index contributed by atoms with van der Waals surface area (Å²) in [7, 11) is 5.96. The molecule has 0 unspecified atom stereocenters. The summed E-state index contributed by atoms with van der Waals surface area (Å²) in [6.07, 6.45) is 1.40. The number of aromatic nitrogens is 1. The number of anilines is 1. The molecule has 0 aliphatic rings. The van der Waals surface area contributed by atoms with Crippen molar-refractivity contribution in [3.63, 3.8) is 0 Å². The van der Waals surface area contributed by atoms with Crippen molar-refractivity contribution in [2.45, 2.75) is 6.54 Å². The lowest BCUT2D eigenvalue weighted by Crippen LogP contribution is -2.24. The Morgan fingerprint density at radius 1 is 0.811 bits per heavy atom. The van der Waals surface area contributed by atoms with Gasteiger partial charge < -0.3 is 28.8 Å². The lowest BCUT2D eigenvalue weighted by atomic mass is 10.0. The van der Waals surface area contributed by atoms with E-state index in [9.17, 15) is 14.4 Å². The monoisotopic (exact) mass is 502 g/mol. The molecule has 4 aromatic rings. The van der Waals surface area contributed by atoms with Gasteiger partial charge in [0.2, 0.25) is 11.3 Å². The molecule has 0 fully saturated rings. The molecule has 4 rings (SSSR count). The number of nitrogens with one attached hydrogen (secondary N) is 1. The van der Waals surface area contributed by atoms with Gasteiger partial charge in [-0.1, -0.05) is 30.3 Å². The van der Waals surface area contributed by atoms with E-state index >= 15 is 0 Å². The number of benzene rings is 3. The third kappa shape index (κ3) is 5.25. The van der Waals surface area contributed by atoms with E-state index in [1.54, 1.807) is 59.2 Å².